The lowest BCUT2D eigenvalue weighted by Crippen LogP contribution is -2.22. The van der Waals surface area contributed by atoms with E-state index in [1.54, 1.807) is 18.2 Å². The molecule has 0 N–H and O–H groups in total. The van der Waals surface area contributed by atoms with E-state index in [0.29, 0.717) is 40.2 Å². The number of carbonyl (C=O) groups is 2. The Hall–Kier alpha value is -2.44. The number of thioether (sulfide) groups is 1. The van der Waals surface area contributed by atoms with Crippen molar-refractivity contribution in [2.75, 3.05) is 13.7 Å². The second-order valence-electron chi connectivity index (χ2n) is 5.78. The van der Waals surface area contributed by atoms with Crippen LogP contribution in [0, 0.1) is 0 Å². The molecule has 140 valence electrons. The van der Waals surface area contributed by atoms with Gasteiger partial charge in [0.25, 0.3) is 11.1 Å². The van der Waals surface area contributed by atoms with E-state index in [-0.39, 0.29) is 11.1 Å². The lowest BCUT2D eigenvalue weighted by Gasteiger charge is -2.14. The smallest absolute Gasteiger partial charge is 0.293 e. The van der Waals surface area contributed by atoms with E-state index in [4.69, 9.17) is 21.1 Å². The van der Waals surface area contributed by atoms with E-state index in [2.05, 4.69) is 0 Å². The number of imide groups is 1. The maximum Gasteiger partial charge on any atom is 0.293 e. The van der Waals surface area contributed by atoms with Crippen molar-refractivity contribution in [2.45, 2.75) is 13.5 Å². The first-order valence-electron chi connectivity index (χ1n) is 8.34. The van der Waals surface area contributed by atoms with Gasteiger partial charge in [0, 0.05) is 7.05 Å². The van der Waals surface area contributed by atoms with Crippen LogP contribution in [-0.4, -0.2) is 29.7 Å². The summed E-state index contributed by atoms with van der Waals surface area (Å²) in [5, 5.41) is 0.0732. The van der Waals surface area contributed by atoms with Gasteiger partial charge >= 0.3 is 0 Å². The summed E-state index contributed by atoms with van der Waals surface area (Å²) in [7, 11) is 1.46. The molecular formula is C20H18ClNO4S. The highest BCUT2D eigenvalue weighted by atomic mass is 35.5. The summed E-state index contributed by atoms with van der Waals surface area (Å²) in [5.41, 5.74) is 1.67. The molecule has 1 heterocycles. The Labute approximate surface area is 166 Å². The van der Waals surface area contributed by atoms with E-state index in [9.17, 15) is 9.59 Å². The normalized spacial score (nSPS) is 15.5. The topological polar surface area (TPSA) is 55.8 Å². The van der Waals surface area contributed by atoms with Crippen LogP contribution in [0.25, 0.3) is 6.08 Å². The van der Waals surface area contributed by atoms with Crippen molar-refractivity contribution in [3.63, 3.8) is 0 Å². The molecule has 1 aliphatic rings. The molecule has 5 nitrogen and oxygen atoms in total. The molecule has 2 aromatic carbocycles. The van der Waals surface area contributed by atoms with Crippen molar-refractivity contribution in [3.8, 4) is 11.5 Å². The van der Waals surface area contributed by atoms with E-state index in [0.717, 1.165) is 22.2 Å². The van der Waals surface area contributed by atoms with Gasteiger partial charge in [0.05, 0.1) is 16.5 Å². The first kappa shape index (κ1) is 19.3. The fourth-order valence-corrected chi connectivity index (χ4v) is 3.60. The number of amides is 2. The van der Waals surface area contributed by atoms with Gasteiger partial charge in [-0.15, -0.1) is 0 Å². The van der Waals surface area contributed by atoms with Crippen LogP contribution < -0.4 is 9.47 Å². The third-order valence-electron chi connectivity index (χ3n) is 3.84. The standard InChI is InChI=1S/C20H18ClNO4S/c1-3-25-16-10-14(11-17-19(23)22(2)20(24)27-17)9-15(21)18(16)26-12-13-7-5-4-6-8-13/h4-11H,3,12H2,1-2H3/b17-11-. The van der Waals surface area contributed by atoms with Crippen LogP contribution >= 0.6 is 23.4 Å². The van der Waals surface area contributed by atoms with Gasteiger partial charge in [0.2, 0.25) is 0 Å². The molecule has 27 heavy (non-hydrogen) atoms. The minimum Gasteiger partial charge on any atom is -0.490 e. The van der Waals surface area contributed by atoms with E-state index in [1.165, 1.54) is 7.05 Å². The molecule has 0 aromatic heterocycles. The zero-order chi connectivity index (χ0) is 19.4. The highest BCUT2D eigenvalue weighted by molar-refractivity contribution is 8.18. The summed E-state index contributed by atoms with van der Waals surface area (Å²) in [5.74, 6) is 0.606. The van der Waals surface area contributed by atoms with Crippen molar-refractivity contribution in [1.82, 2.24) is 4.90 Å². The van der Waals surface area contributed by atoms with Crippen LogP contribution in [0.15, 0.2) is 47.4 Å². The van der Waals surface area contributed by atoms with Gasteiger partial charge in [0.15, 0.2) is 11.5 Å². The number of benzene rings is 2. The molecule has 2 amide bonds. The number of likely N-dealkylation sites (N-methyl/N-ethyl adjacent to an activating group) is 1. The Morgan fingerprint density at radius 1 is 1.15 bits per heavy atom. The molecule has 2 aromatic rings. The maximum absolute atomic E-state index is 12.1. The molecule has 3 rings (SSSR count). The average Bonchev–Trinajstić information content (AvgIpc) is 2.89. The minimum atomic E-state index is -0.330. The Morgan fingerprint density at radius 2 is 1.89 bits per heavy atom. The second-order valence-corrected chi connectivity index (χ2v) is 7.18. The van der Waals surface area contributed by atoms with Crippen molar-refractivity contribution >= 4 is 40.6 Å². The summed E-state index contributed by atoms with van der Waals surface area (Å²) in [6, 6.07) is 13.2. The largest absolute Gasteiger partial charge is 0.490 e. The van der Waals surface area contributed by atoms with Gasteiger partial charge < -0.3 is 9.47 Å². The Balaban J connectivity index is 1.88. The maximum atomic E-state index is 12.1. The van der Waals surface area contributed by atoms with Crippen molar-refractivity contribution in [1.29, 1.82) is 0 Å². The van der Waals surface area contributed by atoms with Crippen LogP contribution in [0.5, 0.6) is 11.5 Å². The average molecular weight is 404 g/mol. The van der Waals surface area contributed by atoms with Crippen molar-refractivity contribution in [2.24, 2.45) is 0 Å². The summed E-state index contributed by atoms with van der Waals surface area (Å²) in [4.78, 5) is 25.1. The van der Waals surface area contributed by atoms with Crippen molar-refractivity contribution < 1.29 is 19.1 Å². The number of carbonyl (C=O) groups excluding carboxylic acids is 2. The molecule has 0 saturated carbocycles. The third kappa shape index (κ3) is 4.46. The lowest BCUT2D eigenvalue weighted by atomic mass is 10.1. The Kier molecular flexibility index (Phi) is 6.08. The lowest BCUT2D eigenvalue weighted by molar-refractivity contribution is -0.121. The fourth-order valence-electron chi connectivity index (χ4n) is 2.50. The minimum absolute atomic E-state index is 0.301. The molecule has 0 aliphatic carbocycles. The first-order chi connectivity index (χ1) is 13.0. The molecule has 1 saturated heterocycles. The monoisotopic (exact) mass is 403 g/mol. The number of hydrogen-bond donors (Lipinski definition) is 0. The molecule has 7 heteroatoms. The van der Waals surface area contributed by atoms with Crippen LogP contribution in [-0.2, 0) is 11.4 Å². The molecular weight excluding hydrogens is 386 g/mol. The summed E-state index contributed by atoms with van der Waals surface area (Å²) in [6.45, 7) is 2.66. The van der Waals surface area contributed by atoms with Crippen LogP contribution in [0.2, 0.25) is 5.02 Å². The third-order valence-corrected chi connectivity index (χ3v) is 5.08. The molecule has 0 atom stereocenters. The summed E-state index contributed by atoms with van der Waals surface area (Å²) in [6.07, 6.45) is 1.63. The number of halogens is 1. The van der Waals surface area contributed by atoms with Gasteiger partial charge in [-0.2, -0.15) is 0 Å². The highest BCUT2D eigenvalue weighted by Gasteiger charge is 2.31. The highest BCUT2D eigenvalue weighted by Crippen LogP contribution is 2.39. The Bertz CT molecular complexity index is 898. The quantitative estimate of drug-likeness (QED) is 0.636. The Morgan fingerprint density at radius 3 is 2.52 bits per heavy atom. The predicted octanol–water partition coefficient (Wildman–Crippen LogP) is 4.98. The zero-order valence-corrected chi connectivity index (χ0v) is 16.5. The van der Waals surface area contributed by atoms with Gasteiger partial charge in [-0.05, 0) is 48.0 Å². The molecule has 0 radical (unpaired) electrons. The van der Waals surface area contributed by atoms with Gasteiger partial charge in [-0.3, -0.25) is 14.5 Å². The molecule has 0 unspecified atom stereocenters. The summed E-state index contributed by atoms with van der Waals surface area (Å²) >= 11 is 7.31. The molecule has 1 fully saturated rings. The van der Waals surface area contributed by atoms with E-state index < -0.39 is 0 Å². The fraction of sp³-hybridized carbons (Fsp3) is 0.200. The number of ether oxygens (including phenoxy) is 2. The second kappa shape index (κ2) is 8.50. The zero-order valence-electron chi connectivity index (χ0n) is 14.9. The van der Waals surface area contributed by atoms with E-state index in [1.807, 2.05) is 37.3 Å². The van der Waals surface area contributed by atoms with Gasteiger partial charge in [0.1, 0.15) is 6.61 Å². The number of hydrogen-bond acceptors (Lipinski definition) is 5. The molecule has 0 bridgehead atoms. The predicted molar refractivity (Wildman–Crippen MR) is 107 cm³/mol. The number of nitrogens with zero attached hydrogens (tertiary/aromatic N) is 1. The van der Waals surface area contributed by atoms with Crippen molar-refractivity contribution in [3.05, 3.63) is 63.5 Å². The van der Waals surface area contributed by atoms with Gasteiger partial charge in [-0.25, -0.2) is 0 Å². The van der Waals surface area contributed by atoms with E-state index >= 15 is 0 Å². The number of rotatable bonds is 6. The van der Waals surface area contributed by atoms with Gasteiger partial charge in [-0.1, -0.05) is 41.9 Å². The summed E-state index contributed by atoms with van der Waals surface area (Å²) < 4.78 is 11.5. The van der Waals surface area contributed by atoms with Crippen LogP contribution in [0.3, 0.4) is 0 Å². The SMILES string of the molecule is CCOc1cc(/C=C2\SC(=O)N(C)C2=O)cc(Cl)c1OCc1ccccc1. The first-order valence-corrected chi connectivity index (χ1v) is 9.53. The molecule has 1 aliphatic heterocycles. The van der Waals surface area contributed by atoms with Crippen LogP contribution in [0.4, 0.5) is 4.79 Å². The molecule has 0 spiro atoms. The van der Waals surface area contributed by atoms with Crippen LogP contribution in [0.1, 0.15) is 18.1 Å².